The number of aliphatic hydroxyl groups excluding tert-OH is 1. The van der Waals surface area contributed by atoms with Gasteiger partial charge in [0.1, 0.15) is 6.23 Å². The summed E-state index contributed by atoms with van der Waals surface area (Å²) in [6, 6.07) is 18.9. The molecule has 1 aliphatic rings. The Morgan fingerprint density at radius 3 is 2.45 bits per heavy atom. The highest BCUT2D eigenvalue weighted by Gasteiger charge is 2.21. The van der Waals surface area contributed by atoms with E-state index in [-0.39, 0.29) is 6.23 Å². The topological polar surface area (TPSA) is 23.5 Å². The molecule has 1 atom stereocenters. The molecule has 1 aliphatic heterocycles. The number of nitrogens with zero attached hydrogens (tertiary/aromatic N) is 1. The number of fused-ring (bicyclic) bond motifs is 1. The first-order valence-electron chi connectivity index (χ1n) is 7.36. The maximum atomic E-state index is 10.4. The number of hydrogen-bond donors (Lipinski definition) is 1. The number of rotatable bonds is 4. The second kappa shape index (κ2) is 6.21. The first-order valence-corrected chi connectivity index (χ1v) is 7.36. The van der Waals surface area contributed by atoms with Crippen LogP contribution in [-0.2, 0) is 19.4 Å². The van der Waals surface area contributed by atoms with Crippen LogP contribution in [0.15, 0.2) is 54.6 Å². The standard InChI is InChI=1S/C18H21NO/c20-18(11-10-15-6-2-1-3-7-15)19-13-12-16-8-4-5-9-17(16)14-19/h1-9,18,20H,10-14H2. The molecular weight excluding hydrogens is 246 g/mol. The summed E-state index contributed by atoms with van der Waals surface area (Å²) >= 11 is 0. The minimum Gasteiger partial charge on any atom is -0.378 e. The molecule has 0 aliphatic carbocycles. The fourth-order valence-electron chi connectivity index (χ4n) is 2.89. The van der Waals surface area contributed by atoms with E-state index in [4.69, 9.17) is 0 Å². The third kappa shape index (κ3) is 3.09. The molecule has 3 rings (SSSR count). The van der Waals surface area contributed by atoms with E-state index in [2.05, 4.69) is 53.4 Å². The van der Waals surface area contributed by atoms with E-state index < -0.39 is 0 Å². The Balaban J connectivity index is 1.58. The van der Waals surface area contributed by atoms with Crippen molar-refractivity contribution >= 4 is 0 Å². The van der Waals surface area contributed by atoms with E-state index in [0.29, 0.717) is 0 Å². The van der Waals surface area contributed by atoms with Gasteiger partial charge in [-0.3, -0.25) is 4.90 Å². The Morgan fingerprint density at radius 1 is 0.950 bits per heavy atom. The first-order chi connectivity index (χ1) is 9.83. The Labute approximate surface area is 120 Å². The van der Waals surface area contributed by atoms with E-state index in [1.165, 1.54) is 16.7 Å². The van der Waals surface area contributed by atoms with Gasteiger partial charge in [-0.25, -0.2) is 0 Å². The van der Waals surface area contributed by atoms with E-state index in [1.807, 2.05) is 6.07 Å². The fourth-order valence-corrected chi connectivity index (χ4v) is 2.89. The van der Waals surface area contributed by atoms with E-state index in [1.54, 1.807) is 0 Å². The predicted molar refractivity (Wildman–Crippen MR) is 81.3 cm³/mol. The lowest BCUT2D eigenvalue weighted by Crippen LogP contribution is -2.39. The van der Waals surface area contributed by atoms with Crippen LogP contribution >= 0.6 is 0 Å². The summed E-state index contributed by atoms with van der Waals surface area (Å²) < 4.78 is 0. The van der Waals surface area contributed by atoms with Crippen LogP contribution in [0, 0.1) is 0 Å². The highest BCUT2D eigenvalue weighted by atomic mass is 16.3. The highest BCUT2D eigenvalue weighted by Crippen LogP contribution is 2.21. The van der Waals surface area contributed by atoms with Gasteiger partial charge in [-0.2, -0.15) is 0 Å². The average molecular weight is 267 g/mol. The lowest BCUT2D eigenvalue weighted by Gasteiger charge is -2.32. The van der Waals surface area contributed by atoms with Gasteiger partial charge >= 0.3 is 0 Å². The molecule has 1 heterocycles. The van der Waals surface area contributed by atoms with E-state index in [9.17, 15) is 5.11 Å². The van der Waals surface area contributed by atoms with Gasteiger partial charge in [0.15, 0.2) is 0 Å². The molecule has 0 spiro atoms. The summed E-state index contributed by atoms with van der Waals surface area (Å²) in [5, 5.41) is 10.4. The Bertz CT molecular complexity index is 552. The quantitative estimate of drug-likeness (QED) is 0.920. The Morgan fingerprint density at radius 2 is 1.65 bits per heavy atom. The molecule has 0 saturated heterocycles. The third-order valence-electron chi connectivity index (χ3n) is 4.12. The van der Waals surface area contributed by atoms with Crippen molar-refractivity contribution in [1.29, 1.82) is 0 Å². The molecule has 104 valence electrons. The van der Waals surface area contributed by atoms with Crippen molar-refractivity contribution in [3.05, 3.63) is 71.3 Å². The molecule has 2 nitrogen and oxygen atoms in total. The molecule has 0 aromatic heterocycles. The molecule has 0 saturated carbocycles. The Hall–Kier alpha value is -1.64. The zero-order valence-electron chi connectivity index (χ0n) is 11.7. The number of hydrogen-bond acceptors (Lipinski definition) is 2. The summed E-state index contributed by atoms with van der Waals surface area (Å²) in [5.74, 6) is 0. The monoisotopic (exact) mass is 267 g/mol. The van der Waals surface area contributed by atoms with Gasteiger partial charge in [-0.15, -0.1) is 0 Å². The fraction of sp³-hybridized carbons (Fsp3) is 0.333. The van der Waals surface area contributed by atoms with E-state index >= 15 is 0 Å². The SMILES string of the molecule is OC(CCc1ccccc1)N1CCc2ccccc2C1. The largest absolute Gasteiger partial charge is 0.378 e. The minimum absolute atomic E-state index is 0.344. The van der Waals surface area contributed by atoms with Crippen LogP contribution in [0.2, 0.25) is 0 Å². The van der Waals surface area contributed by atoms with E-state index in [0.717, 1.165) is 32.4 Å². The maximum absolute atomic E-state index is 10.4. The molecule has 2 heteroatoms. The molecular formula is C18H21NO. The smallest absolute Gasteiger partial charge is 0.108 e. The summed E-state index contributed by atoms with van der Waals surface area (Å²) in [6.45, 7) is 1.82. The molecule has 1 N–H and O–H groups in total. The van der Waals surface area contributed by atoms with Crippen molar-refractivity contribution in [2.45, 2.75) is 32.0 Å². The van der Waals surface area contributed by atoms with Crippen molar-refractivity contribution in [2.75, 3.05) is 6.54 Å². The van der Waals surface area contributed by atoms with Crippen LogP contribution < -0.4 is 0 Å². The Kier molecular flexibility index (Phi) is 4.14. The molecule has 0 bridgehead atoms. The average Bonchev–Trinajstić information content (AvgIpc) is 2.53. The van der Waals surface area contributed by atoms with Gasteiger partial charge in [0.25, 0.3) is 0 Å². The van der Waals surface area contributed by atoms with Crippen molar-refractivity contribution in [3.8, 4) is 0 Å². The predicted octanol–water partition coefficient (Wildman–Crippen LogP) is 3.00. The van der Waals surface area contributed by atoms with Gasteiger partial charge in [-0.05, 0) is 36.0 Å². The molecule has 0 radical (unpaired) electrons. The third-order valence-corrected chi connectivity index (χ3v) is 4.12. The summed E-state index contributed by atoms with van der Waals surface area (Å²) in [7, 11) is 0. The molecule has 0 amide bonds. The van der Waals surface area contributed by atoms with Crippen LogP contribution in [0.1, 0.15) is 23.1 Å². The van der Waals surface area contributed by atoms with Crippen molar-refractivity contribution in [2.24, 2.45) is 0 Å². The van der Waals surface area contributed by atoms with Crippen LogP contribution in [0.4, 0.5) is 0 Å². The van der Waals surface area contributed by atoms with Gasteiger partial charge in [0.2, 0.25) is 0 Å². The summed E-state index contributed by atoms with van der Waals surface area (Å²) in [6.07, 6.45) is 2.42. The van der Waals surface area contributed by atoms with Crippen molar-refractivity contribution in [1.82, 2.24) is 4.90 Å². The lowest BCUT2D eigenvalue weighted by atomic mass is 9.99. The van der Waals surface area contributed by atoms with Crippen molar-refractivity contribution < 1.29 is 5.11 Å². The second-order valence-electron chi connectivity index (χ2n) is 5.49. The maximum Gasteiger partial charge on any atom is 0.108 e. The van der Waals surface area contributed by atoms with Crippen LogP contribution in [-0.4, -0.2) is 22.8 Å². The van der Waals surface area contributed by atoms with Gasteiger partial charge in [0.05, 0.1) is 0 Å². The number of aliphatic hydroxyl groups is 1. The normalized spacial score (nSPS) is 16.6. The van der Waals surface area contributed by atoms with Gasteiger partial charge in [0, 0.05) is 13.1 Å². The minimum atomic E-state index is -0.344. The summed E-state index contributed by atoms with van der Waals surface area (Å²) in [5.41, 5.74) is 4.08. The molecule has 0 fully saturated rings. The van der Waals surface area contributed by atoms with Crippen LogP contribution in [0.5, 0.6) is 0 Å². The van der Waals surface area contributed by atoms with Crippen LogP contribution in [0.3, 0.4) is 0 Å². The molecule has 2 aromatic carbocycles. The second-order valence-corrected chi connectivity index (χ2v) is 5.49. The van der Waals surface area contributed by atoms with Crippen LogP contribution in [0.25, 0.3) is 0 Å². The highest BCUT2D eigenvalue weighted by molar-refractivity contribution is 5.29. The number of aryl methyl sites for hydroxylation is 1. The van der Waals surface area contributed by atoms with Crippen molar-refractivity contribution in [3.63, 3.8) is 0 Å². The lowest BCUT2D eigenvalue weighted by molar-refractivity contribution is -0.0111. The number of benzene rings is 2. The molecule has 2 aromatic rings. The zero-order valence-corrected chi connectivity index (χ0v) is 11.7. The zero-order chi connectivity index (χ0) is 13.8. The first kappa shape index (κ1) is 13.3. The van der Waals surface area contributed by atoms with Gasteiger partial charge < -0.3 is 5.11 Å². The molecule has 1 unspecified atom stereocenters. The molecule has 20 heavy (non-hydrogen) atoms. The summed E-state index contributed by atoms with van der Waals surface area (Å²) in [4.78, 5) is 2.19. The van der Waals surface area contributed by atoms with Gasteiger partial charge in [-0.1, -0.05) is 54.6 Å².